The molecule has 1 atom stereocenters. The third kappa shape index (κ3) is 7.09. The summed E-state index contributed by atoms with van der Waals surface area (Å²) >= 11 is 0. The molecule has 0 saturated heterocycles. The van der Waals surface area contributed by atoms with E-state index in [1.165, 1.54) is 22.3 Å². The van der Waals surface area contributed by atoms with Crippen LogP contribution in [0.25, 0.3) is 0 Å². The predicted molar refractivity (Wildman–Crippen MR) is 149 cm³/mol. The van der Waals surface area contributed by atoms with Gasteiger partial charge in [0.15, 0.2) is 11.5 Å². The van der Waals surface area contributed by atoms with E-state index in [1.807, 2.05) is 30.3 Å². The van der Waals surface area contributed by atoms with Crippen molar-refractivity contribution in [3.8, 4) is 11.5 Å². The number of sulfonamides is 1. The SMILES string of the molecule is CNC(=O)[C@@H](Cc1ccccc1)N(Cc1ccccc1F)C(=O)CCCN(c1ccc2c(c1)OCO2)S(C)(=O)=O. The Morgan fingerprint density at radius 3 is 2.40 bits per heavy atom. The van der Waals surface area contributed by atoms with Crippen LogP contribution in [0.4, 0.5) is 10.1 Å². The van der Waals surface area contributed by atoms with Crippen LogP contribution in [-0.2, 0) is 32.6 Å². The van der Waals surface area contributed by atoms with Crippen LogP contribution < -0.4 is 19.1 Å². The first kappa shape index (κ1) is 28.9. The lowest BCUT2D eigenvalue weighted by Crippen LogP contribution is -2.50. The minimum absolute atomic E-state index is 0.0150. The van der Waals surface area contributed by atoms with Crippen molar-refractivity contribution in [3.63, 3.8) is 0 Å². The Hall–Kier alpha value is -4.12. The number of nitrogens with one attached hydrogen (secondary N) is 1. The van der Waals surface area contributed by atoms with E-state index in [0.29, 0.717) is 17.2 Å². The molecule has 0 saturated carbocycles. The minimum atomic E-state index is -3.68. The fraction of sp³-hybridized carbons (Fsp3) is 0.310. The van der Waals surface area contributed by atoms with Gasteiger partial charge in [0.1, 0.15) is 11.9 Å². The van der Waals surface area contributed by atoms with Gasteiger partial charge in [-0.05, 0) is 30.2 Å². The summed E-state index contributed by atoms with van der Waals surface area (Å²) in [4.78, 5) is 28.0. The molecular weight excluding hydrogens is 537 g/mol. The second-order valence-corrected chi connectivity index (χ2v) is 11.3. The van der Waals surface area contributed by atoms with Gasteiger partial charge in [0.05, 0.1) is 11.9 Å². The van der Waals surface area contributed by atoms with Crippen LogP contribution in [0.5, 0.6) is 11.5 Å². The number of likely N-dealkylation sites (N-methyl/N-ethyl adjacent to an activating group) is 1. The zero-order chi connectivity index (χ0) is 28.7. The third-order valence-corrected chi connectivity index (χ3v) is 7.81. The first-order valence-corrected chi connectivity index (χ1v) is 14.7. The maximum atomic E-state index is 14.6. The van der Waals surface area contributed by atoms with Crippen LogP contribution >= 0.6 is 0 Å². The van der Waals surface area contributed by atoms with Crippen molar-refractivity contribution in [2.24, 2.45) is 0 Å². The number of hydrogen-bond donors (Lipinski definition) is 1. The molecule has 0 radical (unpaired) electrons. The van der Waals surface area contributed by atoms with Crippen molar-refractivity contribution in [1.82, 2.24) is 10.2 Å². The Kier molecular flexibility index (Phi) is 9.26. The van der Waals surface area contributed by atoms with Gasteiger partial charge in [-0.3, -0.25) is 13.9 Å². The van der Waals surface area contributed by atoms with E-state index in [0.717, 1.165) is 11.8 Å². The van der Waals surface area contributed by atoms with Crippen LogP contribution in [0.3, 0.4) is 0 Å². The van der Waals surface area contributed by atoms with Crippen LogP contribution in [0.15, 0.2) is 72.8 Å². The lowest BCUT2D eigenvalue weighted by Gasteiger charge is -2.31. The van der Waals surface area contributed by atoms with Gasteiger partial charge in [-0.2, -0.15) is 0 Å². The van der Waals surface area contributed by atoms with Gasteiger partial charge in [-0.15, -0.1) is 0 Å². The second kappa shape index (κ2) is 12.8. The first-order valence-electron chi connectivity index (χ1n) is 12.8. The molecule has 9 nitrogen and oxygen atoms in total. The zero-order valence-corrected chi connectivity index (χ0v) is 23.2. The van der Waals surface area contributed by atoms with Crippen LogP contribution in [-0.4, -0.2) is 57.8 Å². The molecule has 0 spiro atoms. The Labute approximate surface area is 233 Å². The molecule has 0 bridgehead atoms. The van der Waals surface area contributed by atoms with Gasteiger partial charge in [0.25, 0.3) is 0 Å². The second-order valence-electron chi connectivity index (χ2n) is 9.41. The summed E-state index contributed by atoms with van der Waals surface area (Å²) in [5.74, 6) is -0.303. The molecule has 3 aromatic rings. The largest absolute Gasteiger partial charge is 0.454 e. The van der Waals surface area contributed by atoms with Gasteiger partial charge in [0, 0.05) is 44.6 Å². The normalized spacial score (nSPS) is 13.0. The molecule has 0 aromatic heterocycles. The van der Waals surface area contributed by atoms with Gasteiger partial charge in [-0.1, -0.05) is 48.5 Å². The molecule has 2 amide bonds. The molecule has 1 N–H and O–H groups in total. The molecule has 1 aliphatic heterocycles. The van der Waals surface area contributed by atoms with E-state index >= 15 is 0 Å². The Bertz CT molecular complexity index is 1450. The van der Waals surface area contributed by atoms with Crippen molar-refractivity contribution in [1.29, 1.82) is 0 Å². The highest BCUT2D eigenvalue weighted by molar-refractivity contribution is 7.92. The molecule has 212 valence electrons. The van der Waals surface area contributed by atoms with E-state index in [4.69, 9.17) is 9.47 Å². The van der Waals surface area contributed by atoms with E-state index < -0.39 is 27.8 Å². The lowest BCUT2D eigenvalue weighted by atomic mass is 10.0. The van der Waals surface area contributed by atoms with E-state index in [-0.39, 0.29) is 50.6 Å². The van der Waals surface area contributed by atoms with Gasteiger partial charge < -0.3 is 19.7 Å². The van der Waals surface area contributed by atoms with Crippen molar-refractivity contribution in [2.75, 3.05) is 30.9 Å². The average Bonchev–Trinajstić information content (AvgIpc) is 3.41. The molecule has 0 fully saturated rings. The summed E-state index contributed by atoms with van der Waals surface area (Å²) in [6.45, 7) is -0.0467. The number of amides is 2. The molecule has 11 heteroatoms. The number of anilines is 1. The third-order valence-electron chi connectivity index (χ3n) is 6.61. The minimum Gasteiger partial charge on any atom is -0.454 e. The molecule has 4 rings (SSSR count). The smallest absolute Gasteiger partial charge is 0.242 e. The number of ether oxygens (including phenoxy) is 2. The average molecular weight is 570 g/mol. The molecule has 3 aromatic carbocycles. The summed E-state index contributed by atoms with van der Waals surface area (Å²) in [5.41, 5.74) is 1.50. The number of halogens is 1. The van der Waals surface area contributed by atoms with E-state index in [1.54, 1.807) is 36.4 Å². The molecule has 1 aliphatic rings. The maximum absolute atomic E-state index is 14.6. The number of nitrogens with zero attached hydrogens (tertiary/aromatic N) is 2. The molecule has 0 unspecified atom stereocenters. The first-order chi connectivity index (χ1) is 19.2. The Morgan fingerprint density at radius 1 is 1.00 bits per heavy atom. The van der Waals surface area contributed by atoms with Gasteiger partial charge in [0.2, 0.25) is 28.6 Å². The molecule has 0 aliphatic carbocycles. The van der Waals surface area contributed by atoms with Gasteiger partial charge >= 0.3 is 0 Å². The number of carbonyl (C=O) groups is 2. The lowest BCUT2D eigenvalue weighted by molar-refractivity contribution is -0.141. The summed E-state index contributed by atoms with van der Waals surface area (Å²) in [5, 5.41) is 2.62. The maximum Gasteiger partial charge on any atom is 0.242 e. The number of hydrogen-bond acceptors (Lipinski definition) is 6. The quantitative estimate of drug-likeness (QED) is 0.358. The fourth-order valence-corrected chi connectivity index (χ4v) is 5.53. The van der Waals surface area contributed by atoms with Crippen molar-refractivity contribution < 1.29 is 31.9 Å². The summed E-state index contributed by atoms with van der Waals surface area (Å²) in [6, 6.07) is 19.3. The summed E-state index contributed by atoms with van der Waals surface area (Å²) < 4.78 is 51.8. The summed E-state index contributed by atoms with van der Waals surface area (Å²) in [7, 11) is -2.20. The van der Waals surface area contributed by atoms with Crippen LogP contribution in [0.2, 0.25) is 0 Å². The predicted octanol–water partition coefficient (Wildman–Crippen LogP) is 3.49. The highest BCUT2D eigenvalue weighted by Gasteiger charge is 2.30. The van der Waals surface area contributed by atoms with Crippen LogP contribution in [0.1, 0.15) is 24.0 Å². The topological polar surface area (TPSA) is 105 Å². The molecular formula is C29H32FN3O6S. The highest BCUT2D eigenvalue weighted by Crippen LogP contribution is 2.36. The van der Waals surface area contributed by atoms with Gasteiger partial charge in [-0.25, -0.2) is 12.8 Å². The van der Waals surface area contributed by atoms with Crippen molar-refractivity contribution >= 4 is 27.5 Å². The molecule has 1 heterocycles. The number of carbonyl (C=O) groups excluding carboxylic acids is 2. The number of fused-ring (bicyclic) bond motifs is 1. The van der Waals surface area contributed by atoms with Crippen molar-refractivity contribution in [3.05, 3.63) is 89.7 Å². The highest BCUT2D eigenvalue weighted by atomic mass is 32.2. The number of rotatable bonds is 12. The number of benzene rings is 3. The molecule has 40 heavy (non-hydrogen) atoms. The standard InChI is InChI=1S/C29H32FN3O6S/c1-31-29(35)25(17-21-9-4-3-5-10-21)32(19-22-11-6-7-12-24(22)30)28(34)13-8-16-33(40(2,36)37)23-14-15-26-27(18-23)39-20-38-26/h3-7,9-12,14-15,18,25H,8,13,16-17,19-20H2,1-2H3,(H,31,35)/t25-/m1/s1. The zero-order valence-electron chi connectivity index (χ0n) is 22.4. The van der Waals surface area contributed by atoms with E-state index in [2.05, 4.69) is 5.32 Å². The van der Waals surface area contributed by atoms with Crippen LogP contribution in [0, 0.1) is 5.82 Å². The van der Waals surface area contributed by atoms with Crippen molar-refractivity contribution in [2.45, 2.75) is 31.8 Å². The Balaban J connectivity index is 1.55. The Morgan fingerprint density at radius 2 is 1.70 bits per heavy atom. The fourth-order valence-electron chi connectivity index (χ4n) is 4.57. The van der Waals surface area contributed by atoms with E-state index in [9.17, 15) is 22.4 Å². The summed E-state index contributed by atoms with van der Waals surface area (Å²) in [6.07, 6.45) is 1.42. The monoisotopic (exact) mass is 569 g/mol.